The summed E-state index contributed by atoms with van der Waals surface area (Å²) >= 11 is 1.55. The van der Waals surface area contributed by atoms with E-state index >= 15 is 0 Å². The third-order valence-electron chi connectivity index (χ3n) is 1.66. The number of furan rings is 1. The Labute approximate surface area is 92.9 Å². The summed E-state index contributed by atoms with van der Waals surface area (Å²) in [5.74, 6) is 0.938. The van der Waals surface area contributed by atoms with Crippen LogP contribution in [0.5, 0.6) is 0 Å². The van der Waals surface area contributed by atoms with Crippen LogP contribution in [0.4, 0.5) is 0 Å². The molecule has 0 unspecified atom stereocenters. The van der Waals surface area contributed by atoms with Gasteiger partial charge in [-0.2, -0.15) is 11.8 Å². The van der Waals surface area contributed by atoms with Crippen LogP contribution in [0.3, 0.4) is 0 Å². The molecule has 1 aromatic rings. The summed E-state index contributed by atoms with van der Waals surface area (Å²) in [5, 5.41) is 8.56. The second-order valence-corrected chi connectivity index (χ2v) is 5.45. The molecule has 5 nitrogen and oxygen atoms in total. The van der Waals surface area contributed by atoms with E-state index in [2.05, 4.69) is 4.72 Å². The van der Waals surface area contributed by atoms with Crippen molar-refractivity contribution in [2.45, 2.75) is 11.7 Å². The molecular weight excluding hydrogens is 238 g/mol. The average molecular weight is 251 g/mol. The lowest BCUT2D eigenvalue weighted by Crippen LogP contribution is -2.25. The van der Waals surface area contributed by atoms with Gasteiger partial charge in [0.1, 0.15) is 12.4 Å². The molecule has 0 saturated heterocycles. The first-order valence-electron chi connectivity index (χ1n) is 4.28. The van der Waals surface area contributed by atoms with Crippen molar-refractivity contribution >= 4 is 21.8 Å². The van der Waals surface area contributed by atoms with Crippen molar-refractivity contribution in [3.05, 3.63) is 17.9 Å². The van der Waals surface area contributed by atoms with E-state index in [-0.39, 0.29) is 17.5 Å². The summed E-state index contributed by atoms with van der Waals surface area (Å²) in [6.45, 7) is 0.0546. The van der Waals surface area contributed by atoms with Crippen molar-refractivity contribution in [1.82, 2.24) is 4.72 Å². The summed E-state index contributed by atoms with van der Waals surface area (Å²) < 4.78 is 30.4. The maximum absolute atomic E-state index is 11.5. The van der Waals surface area contributed by atoms with E-state index in [1.54, 1.807) is 11.8 Å². The van der Waals surface area contributed by atoms with Crippen LogP contribution in [0, 0.1) is 0 Å². The molecule has 15 heavy (non-hydrogen) atoms. The molecule has 1 rings (SSSR count). The molecule has 1 aromatic heterocycles. The summed E-state index contributed by atoms with van der Waals surface area (Å²) in [6, 6.07) is 2.76. The van der Waals surface area contributed by atoms with E-state index in [1.807, 2.05) is 6.26 Å². The van der Waals surface area contributed by atoms with E-state index in [0.29, 0.717) is 12.3 Å². The molecule has 0 aromatic carbocycles. The number of sulfonamides is 1. The number of thioether (sulfide) groups is 1. The maximum atomic E-state index is 11.5. The van der Waals surface area contributed by atoms with Gasteiger partial charge >= 0.3 is 0 Å². The third kappa shape index (κ3) is 3.53. The second kappa shape index (κ2) is 5.55. The Morgan fingerprint density at radius 3 is 2.80 bits per heavy atom. The minimum Gasteiger partial charge on any atom is -0.446 e. The van der Waals surface area contributed by atoms with Crippen molar-refractivity contribution in [2.24, 2.45) is 0 Å². The van der Waals surface area contributed by atoms with E-state index in [9.17, 15) is 8.42 Å². The van der Waals surface area contributed by atoms with Crippen molar-refractivity contribution in [1.29, 1.82) is 0 Å². The Morgan fingerprint density at radius 1 is 1.53 bits per heavy atom. The Morgan fingerprint density at radius 2 is 2.27 bits per heavy atom. The average Bonchev–Trinajstić information content (AvgIpc) is 2.66. The highest BCUT2D eigenvalue weighted by atomic mass is 32.2. The van der Waals surface area contributed by atoms with Gasteiger partial charge in [-0.25, -0.2) is 13.1 Å². The number of aliphatic hydroxyl groups is 1. The molecule has 0 atom stereocenters. The number of aliphatic hydroxyl groups excluding tert-OH is 1. The van der Waals surface area contributed by atoms with Crippen molar-refractivity contribution in [3.8, 4) is 0 Å². The Balaban J connectivity index is 2.68. The van der Waals surface area contributed by atoms with Crippen LogP contribution < -0.4 is 4.72 Å². The molecule has 0 fully saturated rings. The summed E-state index contributed by atoms with van der Waals surface area (Å²) in [7, 11) is -3.56. The molecule has 0 amide bonds. The lowest BCUT2D eigenvalue weighted by atomic mass is 10.5. The second-order valence-electron chi connectivity index (χ2n) is 2.77. The third-order valence-corrected chi connectivity index (χ3v) is 3.60. The number of rotatable bonds is 6. The van der Waals surface area contributed by atoms with Gasteiger partial charge < -0.3 is 9.52 Å². The van der Waals surface area contributed by atoms with Crippen LogP contribution in [0.2, 0.25) is 0 Å². The van der Waals surface area contributed by atoms with Gasteiger partial charge in [0.25, 0.3) is 10.0 Å². The zero-order chi connectivity index (χ0) is 11.3. The summed E-state index contributed by atoms with van der Waals surface area (Å²) in [4.78, 5) is 0. The van der Waals surface area contributed by atoms with Crippen LogP contribution in [-0.2, 0) is 16.6 Å². The minimum absolute atomic E-state index is 0.160. The van der Waals surface area contributed by atoms with Crippen LogP contribution in [-0.4, -0.2) is 32.1 Å². The molecule has 86 valence electrons. The molecule has 0 saturated carbocycles. The Bertz CT molecular complexity index is 399. The monoisotopic (exact) mass is 251 g/mol. The normalized spacial score (nSPS) is 11.9. The van der Waals surface area contributed by atoms with Gasteiger partial charge in [0, 0.05) is 12.3 Å². The molecule has 2 N–H and O–H groups in total. The van der Waals surface area contributed by atoms with Gasteiger partial charge in [-0.05, 0) is 18.4 Å². The molecule has 7 heteroatoms. The fourth-order valence-corrected chi connectivity index (χ4v) is 2.35. The van der Waals surface area contributed by atoms with Crippen LogP contribution in [0.1, 0.15) is 5.76 Å². The lowest BCUT2D eigenvalue weighted by molar-refractivity contribution is 0.236. The standard InChI is InChI=1S/C8H13NO4S2/c1-14-5-4-9-15(11,12)8-3-2-7(6-10)13-8/h2-3,9-10H,4-6H2,1H3. The lowest BCUT2D eigenvalue weighted by Gasteiger charge is -2.02. The largest absolute Gasteiger partial charge is 0.446 e. The van der Waals surface area contributed by atoms with Crippen LogP contribution >= 0.6 is 11.8 Å². The van der Waals surface area contributed by atoms with Crippen LogP contribution in [0.25, 0.3) is 0 Å². The molecule has 0 radical (unpaired) electrons. The predicted molar refractivity (Wildman–Crippen MR) is 58.2 cm³/mol. The molecule has 0 aliphatic rings. The highest BCUT2D eigenvalue weighted by Crippen LogP contribution is 2.13. The van der Waals surface area contributed by atoms with E-state index in [1.165, 1.54) is 12.1 Å². The summed E-state index contributed by atoms with van der Waals surface area (Å²) in [6.07, 6.45) is 1.89. The van der Waals surface area contributed by atoms with Gasteiger partial charge in [-0.1, -0.05) is 0 Å². The zero-order valence-electron chi connectivity index (χ0n) is 8.26. The maximum Gasteiger partial charge on any atom is 0.273 e. The first-order valence-corrected chi connectivity index (χ1v) is 7.16. The molecule has 0 aliphatic carbocycles. The molecule has 0 spiro atoms. The van der Waals surface area contributed by atoms with Crippen molar-refractivity contribution < 1.29 is 17.9 Å². The van der Waals surface area contributed by atoms with Crippen LogP contribution in [0.15, 0.2) is 21.6 Å². The number of hydrogen-bond donors (Lipinski definition) is 2. The van der Waals surface area contributed by atoms with Gasteiger partial charge in [0.2, 0.25) is 5.09 Å². The topological polar surface area (TPSA) is 79.5 Å². The van der Waals surface area contributed by atoms with E-state index in [0.717, 1.165) is 0 Å². The fraction of sp³-hybridized carbons (Fsp3) is 0.500. The minimum atomic E-state index is -3.56. The van der Waals surface area contributed by atoms with E-state index in [4.69, 9.17) is 9.52 Å². The number of hydrogen-bond acceptors (Lipinski definition) is 5. The smallest absolute Gasteiger partial charge is 0.273 e. The highest BCUT2D eigenvalue weighted by molar-refractivity contribution is 7.98. The SMILES string of the molecule is CSCCNS(=O)(=O)c1ccc(CO)o1. The Hall–Kier alpha value is -0.500. The molecular formula is C8H13NO4S2. The van der Waals surface area contributed by atoms with Gasteiger partial charge in [-0.15, -0.1) is 0 Å². The van der Waals surface area contributed by atoms with Crippen molar-refractivity contribution in [3.63, 3.8) is 0 Å². The molecule has 1 heterocycles. The zero-order valence-corrected chi connectivity index (χ0v) is 9.90. The fourth-order valence-electron chi connectivity index (χ4n) is 0.937. The Kier molecular flexibility index (Phi) is 4.65. The predicted octanol–water partition coefficient (Wildman–Crippen LogP) is 0.413. The number of nitrogens with one attached hydrogen (secondary N) is 1. The molecule has 0 aliphatic heterocycles. The summed E-state index contributed by atoms with van der Waals surface area (Å²) in [5.41, 5.74) is 0. The first-order chi connectivity index (χ1) is 7.10. The van der Waals surface area contributed by atoms with Gasteiger partial charge in [0.05, 0.1) is 0 Å². The first kappa shape index (κ1) is 12.6. The highest BCUT2D eigenvalue weighted by Gasteiger charge is 2.17. The van der Waals surface area contributed by atoms with Gasteiger partial charge in [0.15, 0.2) is 0 Å². The molecule has 0 bridgehead atoms. The van der Waals surface area contributed by atoms with Crippen molar-refractivity contribution in [2.75, 3.05) is 18.6 Å². The quantitative estimate of drug-likeness (QED) is 0.716. The van der Waals surface area contributed by atoms with Gasteiger partial charge in [-0.3, -0.25) is 0 Å². The van der Waals surface area contributed by atoms with E-state index < -0.39 is 10.0 Å².